The Kier molecular flexibility index (Phi) is 3.52. The second kappa shape index (κ2) is 5.27. The number of pyridine rings is 2. The summed E-state index contributed by atoms with van der Waals surface area (Å²) >= 11 is 0. The summed E-state index contributed by atoms with van der Waals surface area (Å²) in [4.78, 5) is 21.8. The minimum atomic E-state index is -0.173. The SMILES string of the molecule is CN(Cc1ccccn1)C(=O)c1cccc(N)n1. The van der Waals surface area contributed by atoms with E-state index in [2.05, 4.69) is 9.97 Å². The number of hydrogen-bond acceptors (Lipinski definition) is 4. The summed E-state index contributed by atoms with van der Waals surface area (Å²) in [6, 6.07) is 10.6. The van der Waals surface area contributed by atoms with E-state index in [4.69, 9.17) is 5.73 Å². The zero-order valence-electron chi connectivity index (χ0n) is 10.1. The molecule has 2 aromatic heterocycles. The third-order valence-electron chi connectivity index (χ3n) is 2.46. The maximum absolute atomic E-state index is 12.1. The molecule has 2 heterocycles. The van der Waals surface area contributed by atoms with Gasteiger partial charge in [0.1, 0.15) is 11.5 Å². The van der Waals surface area contributed by atoms with Crippen molar-refractivity contribution in [1.29, 1.82) is 0 Å². The summed E-state index contributed by atoms with van der Waals surface area (Å²) < 4.78 is 0. The van der Waals surface area contributed by atoms with Gasteiger partial charge >= 0.3 is 0 Å². The lowest BCUT2D eigenvalue weighted by atomic mass is 10.3. The van der Waals surface area contributed by atoms with Gasteiger partial charge in [-0.1, -0.05) is 12.1 Å². The summed E-state index contributed by atoms with van der Waals surface area (Å²) in [6.45, 7) is 0.441. The average molecular weight is 242 g/mol. The van der Waals surface area contributed by atoms with Crippen molar-refractivity contribution in [3.63, 3.8) is 0 Å². The Morgan fingerprint density at radius 3 is 2.78 bits per heavy atom. The highest BCUT2D eigenvalue weighted by Gasteiger charge is 2.13. The number of rotatable bonds is 3. The molecule has 0 saturated carbocycles. The highest BCUT2D eigenvalue weighted by molar-refractivity contribution is 5.92. The van der Waals surface area contributed by atoms with Crippen LogP contribution in [0.5, 0.6) is 0 Å². The summed E-state index contributed by atoms with van der Waals surface area (Å²) in [5.41, 5.74) is 6.73. The Morgan fingerprint density at radius 1 is 1.28 bits per heavy atom. The van der Waals surface area contributed by atoms with Crippen LogP contribution in [0, 0.1) is 0 Å². The van der Waals surface area contributed by atoms with Crippen LogP contribution >= 0.6 is 0 Å². The topological polar surface area (TPSA) is 72.1 Å². The molecule has 0 aliphatic rings. The van der Waals surface area contributed by atoms with Crippen LogP contribution < -0.4 is 5.73 Å². The van der Waals surface area contributed by atoms with E-state index >= 15 is 0 Å². The van der Waals surface area contributed by atoms with Crippen LogP contribution in [0.2, 0.25) is 0 Å². The quantitative estimate of drug-likeness (QED) is 0.881. The first-order valence-corrected chi connectivity index (χ1v) is 5.55. The number of nitrogens with zero attached hydrogens (tertiary/aromatic N) is 3. The van der Waals surface area contributed by atoms with Crippen LogP contribution in [-0.2, 0) is 6.54 Å². The molecule has 0 aromatic carbocycles. The number of carbonyl (C=O) groups excluding carboxylic acids is 1. The van der Waals surface area contributed by atoms with E-state index in [-0.39, 0.29) is 5.91 Å². The van der Waals surface area contributed by atoms with Crippen LogP contribution in [0.3, 0.4) is 0 Å². The molecule has 2 aromatic rings. The van der Waals surface area contributed by atoms with Gasteiger partial charge in [-0.05, 0) is 24.3 Å². The largest absolute Gasteiger partial charge is 0.384 e. The molecule has 0 spiro atoms. The van der Waals surface area contributed by atoms with Gasteiger partial charge < -0.3 is 10.6 Å². The van der Waals surface area contributed by atoms with Crippen molar-refractivity contribution in [3.05, 3.63) is 54.0 Å². The van der Waals surface area contributed by atoms with E-state index in [0.29, 0.717) is 18.1 Å². The molecule has 18 heavy (non-hydrogen) atoms. The predicted octanol–water partition coefficient (Wildman–Crippen LogP) is 1.33. The fourth-order valence-corrected chi connectivity index (χ4v) is 1.57. The monoisotopic (exact) mass is 242 g/mol. The highest BCUT2D eigenvalue weighted by atomic mass is 16.2. The van der Waals surface area contributed by atoms with Gasteiger partial charge in [-0.2, -0.15) is 0 Å². The Labute approximate surface area is 105 Å². The van der Waals surface area contributed by atoms with Gasteiger partial charge in [0, 0.05) is 13.2 Å². The molecule has 5 nitrogen and oxygen atoms in total. The Morgan fingerprint density at radius 2 is 2.11 bits per heavy atom. The van der Waals surface area contributed by atoms with Crippen LogP contribution in [-0.4, -0.2) is 27.8 Å². The number of nitrogen functional groups attached to an aromatic ring is 1. The highest BCUT2D eigenvalue weighted by Crippen LogP contribution is 2.06. The van der Waals surface area contributed by atoms with E-state index in [9.17, 15) is 4.79 Å². The summed E-state index contributed by atoms with van der Waals surface area (Å²) in [5, 5.41) is 0. The van der Waals surface area contributed by atoms with Crippen molar-refractivity contribution in [1.82, 2.24) is 14.9 Å². The number of hydrogen-bond donors (Lipinski definition) is 1. The van der Waals surface area contributed by atoms with Gasteiger partial charge in [-0.15, -0.1) is 0 Å². The van der Waals surface area contributed by atoms with Crippen molar-refractivity contribution < 1.29 is 4.79 Å². The van der Waals surface area contributed by atoms with Gasteiger partial charge in [0.05, 0.1) is 12.2 Å². The molecule has 2 N–H and O–H groups in total. The lowest BCUT2D eigenvalue weighted by molar-refractivity contribution is 0.0778. The van der Waals surface area contributed by atoms with E-state index in [1.807, 2.05) is 18.2 Å². The smallest absolute Gasteiger partial charge is 0.272 e. The van der Waals surface area contributed by atoms with Gasteiger partial charge in [-0.25, -0.2) is 4.98 Å². The number of amides is 1. The maximum Gasteiger partial charge on any atom is 0.272 e. The standard InChI is InChI=1S/C13H14N4O/c1-17(9-10-5-2-3-8-15-10)13(18)11-6-4-7-12(14)16-11/h2-8H,9H2,1H3,(H2,14,16). The minimum Gasteiger partial charge on any atom is -0.384 e. The normalized spacial score (nSPS) is 10.1. The molecule has 0 aliphatic heterocycles. The molecular weight excluding hydrogens is 228 g/mol. The summed E-state index contributed by atoms with van der Waals surface area (Å²) in [7, 11) is 1.71. The second-order valence-corrected chi connectivity index (χ2v) is 3.93. The van der Waals surface area contributed by atoms with Crippen LogP contribution in [0.25, 0.3) is 0 Å². The van der Waals surface area contributed by atoms with Crippen molar-refractivity contribution in [3.8, 4) is 0 Å². The van der Waals surface area contributed by atoms with Crippen molar-refractivity contribution >= 4 is 11.7 Å². The predicted molar refractivity (Wildman–Crippen MR) is 68.7 cm³/mol. The molecule has 0 bridgehead atoms. The average Bonchev–Trinajstić information content (AvgIpc) is 2.39. The van der Waals surface area contributed by atoms with Crippen LogP contribution in [0.15, 0.2) is 42.6 Å². The molecule has 0 aliphatic carbocycles. The molecule has 1 amide bonds. The molecule has 5 heteroatoms. The maximum atomic E-state index is 12.1. The zero-order valence-corrected chi connectivity index (χ0v) is 10.1. The van der Waals surface area contributed by atoms with E-state index in [1.165, 1.54) is 0 Å². The number of carbonyl (C=O) groups is 1. The lowest BCUT2D eigenvalue weighted by Crippen LogP contribution is -2.27. The molecule has 2 rings (SSSR count). The van der Waals surface area contributed by atoms with Gasteiger partial charge in [0.25, 0.3) is 5.91 Å². The molecule has 0 atom stereocenters. The van der Waals surface area contributed by atoms with Gasteiger partial charge in [-0.3, -0.25) is 9.78 Å². The molecule has 0 radical (unpaired) electrons. The van der Waals surface area contributed by atoms with Gasteiger partial charge in [0.15, 0.2) is 0 Å². The van der Waals surface area contributed by atoms with Crippen LogP contribution in [0.1, 0.15) is 16.2 Å². The summed E-state index contributed by atoms with van der Waals surface area (Å²) in [5.74, 6) is 0.167. The molecule has 0 saturated heterocycles. The fourth-order valence-electron chi connectivity index (χ4n) is 1.57. The third kappa shape index (κ3) is 2.82. The van der Waals surface area contributed by atoms with E-state index in [1.54, 1.807) is 36.3 Å². The first-order valence-electron chi connectivity index (χ1n) is 5.55. The third-order valence-corrected chi connectivity index (χ3v) is 2.46. The number of nitrogens with two attached hydrogens (primary N) is 1. The van der Waals surface area contributed by atoms with Gasteiger partial charge in [0.2, 0.25) is 0 Å². The number of aromatic nitrogens is 2. The fraction of sp³-hybridized carbons (Fsp3) is 0.154. The molecule has 0 fully saturated rings. The van der Waals surface area contributed by atoms with Crippen molar-refractivity contribution in [2.24, 2.45) is 0 Å². The Balaban J connectivity index is 2.10. The molecule has 0 unspecified atom stereocenters. The van der Waals surface area contributed by atoms with Crippen molar-refractivity contribution in [2.75, 3.05) is 12.8 Å². The van der Waals surface area contributed by atoms with E-state index < -0.39 is 0 Å². The first-order chi connectivity index (χ1) is 8.66. The number of anilines is 1. The zero-order chi connectivity index (χ0) is 13.0. The molecule has 92 valence electrons. The lowest BCUT2D eigenvalue weighted by Gasteiger charge is -2.16. The Hall–Kier alpha value is -2.43. The minimum absolute atomic E-state index is 0.173. The summed E-state index contributed by atoms with van der Waals surface area (Å²) in [6.07, 6.45) is 1.70. The van der Waals surface area contributed by atoms with Crippen molar-refractivity contribution in [2.45, 2.75) is 6.54 Å². The van der Waals surface area contributed by atoms with Crippen LogP contribution in [0.4, 0.5) is 5.82 Å². The molecular formula is C13H14N4O. The second-order valence-electron chi connectivity index (χ2n) is 3.93. The Bertz CT molecular complexity index is 542. The first kappa shape index (κ1) is 12.0. The van der Waals surface area contributed by atoms with E-state index in [0.717, 1.165) is 5.69 Å².